The number of aliphatic hydroxyl groups is 2. The number of carbonyl (C=O) groups is 3. The molecule has 2 unspecified atom stereocenters. The van der Waals surface area contributed by atoms with Crippen LogP contribution in [0.3, 0.4) is 0 Å². The highest BCUT2D eigenvalue weighted by molar-refractivity contribution is 8.14. The van der Waals surface area contributed by atoms with Gasteiger partial charge < -0.3 is 50.9 Å². The Morgan fingerprint density at radius 3 is 2.30 bits per heavy atom. The first-order valence-electron chi connectivity index (χ1n) is 20.6. The largest absolute Gasteiger partial charge is 0.481 e. The van der Waals surface area contributed by atoms with Gasteiger partial charge in [0.25, 0.3) is 0 Å². The number of ether oxygens (including phenoxy) is 1. The van der Waals surface area contributed by atoms with Crippen LogP contribution in [0.5, 0.6) is 0 Å². The topological polar surface area (TPSA) is 364 Å². The number of phosphoric acid groups is 3. The van der Waals surface area contributed by atoms with Gasteiger partial charge in [0.05, 0.1) is 19.5 Å². The number of nitrogens with zero attached hydrogens (tertiary/aromatic N) is 4. The van der Waals surface area contributed by atoms with Gasteiger partial charge in [-0.1, -0.05) is 90.5 Å². The number of fused-ring (bicyclic) bond motifs is 1. The van der Waals surface area contributed by atoms with Crippen LogP contribution in [-0.2, 0) is 50.7 Å². The fourth-order valence-electron chi connectivity index (χ4n) is 6.21. The Morgan fingerprint density at radius 1 is 0.969 bits per heavy atom. The maximum absolute atomic E-state index is 12.7. The average molecular weight is 990 g/mol. The van der Waals surface area contributed by atoms with Gasteiger partial charge in [0.2, 0.25) is 16.9 Å². The quantitative estimate of drug-likeness (QED) is 0.0308. The second-order valence-electron chi connectivity index (χ2n) is 16.1. The van der Waals surface area contributed by atoms with Gasteiger partial charge in [-0.15, -0.1) is 0 Å². The third-order valence-corrected chi connectivity index (χ3v) is 13.6. The normalized spacial score (nSPS) is 20.7. The van der Waals surface area contributed by atoms with Crippen molar-refractivity contribution in [1.82, 2.24) is 30.2 Å². The van der Waals surface area contributed by atoms with Crippen molar-refractivity contribution in [3.8, 4) is 0 Å². The van der Waals surface area contributed by atoms with Gasteiger partial charge >= 0.3 is 23.5 Å². The molecule has 2 aromatic rings. The Balaban J connectivity index is 1.35. The summed E-state index contributed by atoms with van der Waals surface area (Å²) in [6.45, 7) is 5.00. The second-order valence-corrected chi connectivity index (χ2v) is 21.4. The summed E-state index contributed by atoms with van der Waals surface area (Å²) in [5.74, 6) is -0.341. The van der Waals surface area contributed by atoms with Crippen LogP contribution in [-0.4, -0.2) is 123 Å². The Kier molecular flexibility index (Phi) is 22.6. The van der Waals surface area contributed by atoms with Crippen molar-refractivity contribution < 1.29 is 80.5 Å². The summed E-state index contributed by atoms with van der Waals surface area (Å²) >= 11 is 1.06. The molecule has 1 fully saturated rings. The maximum Gasteiger partial charge on any atom is 0.481 e. The molecule has 7 atom stereocenters. The molecule has 3 rings (SSSR count). The third kappa shape index (κ3) is 19.6. The summed E-state index contributed by atoms with van der Waals surface area (Å²) in [7, 11) is -16.4. The highest BCUT2D eigenvalue weighted by Crippen LogP contribution is 2.61. The number of imidazole rings is 1. The molecular weight excluding hydrogens is 927 g/mol. The van der Waals surface area contributed by atoms with Crippen LogP contribution in [0.2, 0.25) is 0 Å². The number of phosphoric ester groups is 3. The number of hydrogen-bond donors (Lipinski definition) is 9. The second kappa shape index (κ2) is 26.0. The number of thioether (sulfide) groups is 1. The van der Waals surface area contributed by atoms with Crippen LogP contribution in [0.1, 0.15) is 98.1 Å². The van der Waals surface area contributed by atoms with Crippen molar-refractivity contribution in [2.24, 2.45) is 11.3 Å². The van der Waals surface area contributed by atoms with E-state index in [2.05, 4.69) is 48.3 Å². The number of nitrogen functional groups attached to an aromatic ring is 1. The monoisotopic (exact) mass is 989 g/mol. The summed E-state index contributed by atoms with van der Waals surface area (Å²) in [6.07, 6.45) is 7.06. The van der Waals surface area contributed by atoms with Crippen LogP contribution in [0.25, 0.3) is 11.2 Å². The molecule has 0 aliphatic carbocycles. The minimum atomic E-state index is -5.58. The average Bonchev–Trinajstić information content (AvgIpc) is 3.76. The number of amides is 2. The molecule has 1 aliphatic rings. The molecule has 1 saturated heterocycles. The van der Waals surface area contributed by atoms with Gasteiger partial charge in [-0.25, -0.2) is 28.6 Å². The van der Waals surface area contributed by atoms with Crippen LogP contribution in [0.4, 0.5) is 5.82 Å². The van der Waals surface area contributed by atoms with Crippen molar-refractivity contribution in [2.75, 3.05) is 37.8 Å². The van der Waals surface area contributed by atoms with Gasteiger partial charge in [0.1, 0.15) is 36.3 Å². The summed E-state index contributed by atoms with van der Waals surface area (Å²) in [5, 5.41) is 26.4. The van der Waals surface area contributed by atoms with Crippen molar-refractivity contribution >= 4 is 69.1 Å². The van der Waals surface area contributed by atoms with Gasteiger partial charge in [-0.3, -0.25) is 32.5 Å². The highest BCUT2D eigenvalue weighted by atomic mass is 32.2. The summed E-state index contributed by atoms with van der Waals surface area (Å²) in [6, 6.07) is 0. The molecule has 3 heterocycles. The molecule has 0 aromatic carbocycles. The molecule has 28 heteroatoms. The molecule has 2 aromatic heterocycles. The SMILES string of the molecule is CC(C)CCCCCCCCC/C=C/C(=O)SCCNC(=O)CCNC(=O)[C@H](O)C(C)(C)COP(=O)(O)OP(=O)(O)OC[C@H]1O[C@@H](n2cnc3c(N)ncnc32)[C@H](O)[C@@H]1OP(=O)(O)O. The number of aliphatic hydroxyl groups excluding tert-OH is 2. The molecule has 64 heavy (non-hydrogen) atoms. The van der Waals surface area contributed by atoms with Crippen LogP contribution in [0.15, 0.2) is 24.8 Å². The van der Waals surface area contributed by atoms with Crippen LogP contribution < -0.4 is 16.4 Å². The predicted molar refractivity (Wildman–Crippen MR) is 233 cm³/mol. The molecule has 364 valence electrons. The lowest BCUT2D eigenvalue weighted by molar-refractivity contribution is -0.137. The zero-order valence-electron chi connectivity index (χ0n) is 36.2. The smallest absolute Gasteiger partial charge is 0.386 e. The molecule has 10 N–H and O–H groups in total. The van der Waals surface area contributed by atoms with E-state index < -0.39 is 84.6 Å². The fourth-order valence-corrected chi connectivity index (χ4v) is 9.63. The van der Waals surface area contributed by atoms with Gasteiger partial charge in [-0.05, 0) is 24.8 Å². The molecule has 24 nitrogen and oxygen atoms in total. The van der Waals surface area contributed by atoms with E-state index in [1.807, 2.05) is 6.08 Å². The number of nitrogens with one attached hydrogen (secondary N) is 2. The first-order valence-corrected chi connectivity index (χ1v) is 26.1. The lowest BCUT2D eigenvalue weighted by Gasteiger charge is -2.30. The van der Waals surface area contributed by atoms with Crippen molar-refractivity contribution in [1.29, 1.82) is 0 Å². The fraction of sp³-hybridized carbons (Fsp3) is 0.722. The van der Waals surface area contributed by atoms with Crippen LogP contribution >= 0.6 is 35.2 Å². The predicted octanol–water partition coefficient (Wildman–Crippen LogP) is 3.39. The highest BCUT2D eigenvalue weighted by Gasteiger charge is 2.50. The number of unbranched alkanes of at least 4 members (excludes halogenated alkanes) is 7. The standard InChI is InChI=1S/C36H62N7O17P3S/c1-24(2)14-12-10-8-6-5-7-9-11-13-15-27(45)64-19-18-38-26(44)16-17-39-34(48)31(47)36(3,4)21-57-63(54,55)60-62(52,53)56-20-25-30(59-61(49,50)51)29(46)35(58-25)43-23-42-28-32(37)40-22-41-33(28)43/h13,15,22-25,29-31,35,46-47H,5-12,14,16-21H2,1-4H3,(H,38,44)(H,39,48)(H,52,53)(H,54,55)(H2,37,40,41)(H2,49,50,51)/b15-13+/t25-,29-,30-,31+,35-/m1/s1. The zero-order chi connectivity index (χ0) is 47.7. The molecule has 2 amide bonds. The van der Waals surface area contributed by atoms with Gasteiger partial charge in [0, 0.05) is 30.7 Å². The molecule has 1 aliphatic heterocycles. The third-order valence-electron chi connectivity index (χ3n) is 9.65. The molecule has 0 spiro atoms. The Hall–Kier alpha value is -2.70. The molecule has 0 saturated carbocycles. The summed E-state index contributed by atoms with van der Waals surface area (Å²) < 4.78 is 62.3. The number of hydrogen-bond acceptors (Lipinski definition) is 18. The molecular formula is C36H62N7O17P3S. The number of carbonyl (C=O) groups excluding carboxylic acids is 3. The van der Waals surface area contributed by atoms with Crippen LogP contribution in [0, 0.1) is 11.3 Å². The molecule has 0 radical (unpaired) electrons. The Labute approximate surface area is 375 Å². The van der Waals surface area contributed by atoms with E-state index in [1.54, 1.807) is 6.08 Å². The number of allylic oxidation sites excluding steroid dienone is 1. The number of rotatable bonds is 30. The Morgan fingerprint density at radius 2 is 1.62 bits per heavy atom. The number of anilines is 1. The Bertz CT molecular complexity index is 2000. The minimum Gasteiger partial charge on any atom is -0.386 e. The van der Waals surface area contributed by atoms with E-state index in [0.29, 0.717) is 5.75 Å². The zero-order valence-corrected chi connectivity index (χ0v) is 39.7. The number of aromatic nitrogens is 4. The number of nitrogens with two attached hydrogens (primary N) is 1. The summed E-state index contributed by atoms with van der Waals surface area (Å²) in [5.41, 5.74) is 4.28. The molecule has 0 bridgehead atoms. The van der Waals surface area contributed by atoms with Crippen molar-refractivity contribution in [3.63, 3.8) is 0 Å². The van der Waals surface area contributed by atoms with Crippen molar-refractivity contribution in [3.05, 3.63) is 24.8 Å². The van der Waals surface area contributed by atoms with E-state index in [4.69, 9.17) is 19.5 Å². The van der Waals surface area contributed by atoms with Gasteiger partial charge in [0.15, 0.2) is 17.7 Å². The van der Waals surface area contributed by atoms with E-state index in [1.165, 1.54) is 52.4 Å². The lowest BCUT2D eigenvalue weighted by Crippen LogP contribution is -2.46. The summed E-state index contributed by atoms with van der Waals surface area (Å²) in [4.78, 5) is 88.1. The van der Waals surface area contributed by atoms with Crippen molar-refractivity contribution in [2.45, 2.75) is 123 Å². The van der Waals surface area contributed by atoms with E-state index in [9.17, 15) is 57.9 Å². The first-order chi connectivity index (χ1) is 29.9. The van der Waals surface area contributed by atoms with E-state index in [0.717, 1.165) is 54.2 Å². The van der Waals surface area contributed by atoms with Gasteiger partial charge in [-0.2, -0.15) is 4.31 Å². The lowest BCUT2D eigenvalue weighted by atomic mass is 9.87. The maximum atomic E-state index is 12.7. The minimum absolute atomic E-state index is 0.0319. The van der Waals surface area contributed by atoms with E-state index in [-0.39, 0.29) is 41.6 Å². The van der Waals surface area contributed by atoms with E-state index >= 15 is 0 Å². The first kappa shape index (κ1) is 55.6.